The van der Waals surface area contributed by atoms with E-state index in [0.29, 0.717) is 12.0 Å². The molecular weight excluding hydrogens is 280 g/mol. The number of likely N-dealkylation sites (tertiary alicyclic amines) is 1. The van der Waals surface area contributed by atoms with Crippen LogP contribution < -0.4 is 5.32 Å². The van der Waals surface area contributed by atoms with Gasteiger partial charge in [-0.2, -0.15) is 0 Å². The van der Waals surface area contributed by atoms with E-state index < -0.39 is 0 Å². The van der Waals surface area contributed by atoms with Gasteiger partial charge in [-0.15, -0.1) is 0 Å². The molecule has 0 aromatic heterocycles. The minimum absolute atomic E-state index is 0.648. The molecule has 1 aliphatic rings. The fourth-order valence-corrected chi connectivity index (χ4v) is 3.33. The predicted octanol–water partition coefficient (Wildman–Crippen LogP) is 4.25. The maximum absolute atomic E-state index is 6.40. The average molecular weight is 309 g/mol. The minimum atomic E-state index is 0.648. The highest BCUT2D eigenvalue weighted by atomic mass is 35.5. The number of nitrogens with zero attached hydrogens (tertiary/aromatic N) is 1. The second-order valence-electron chi connectivity index (χ2n) is 6.77. The standard InChI is InChI=1S/C18H29ClN2/c1-14(2)11-20-12-17-6-4-5-9-21(17)13-16-8-7-15(3)10-18(16)19/h7-8,10,14,17,20H,4-6,9,11-13H2,1-3H3. The third-order valence-corrected chi connectivity index (χ3v) is 4.62. The summed E-state index contributed by atoms with van der Waals surface area (Å²) in [5.74, 6) is 0.716. The summed E-state index contributed by atoms with van der Waals surface area (Å²) in [4.78, 5) is 2.60. The van der Waals surface area contributed by atoms with Gasteiger partial charge in [0.25, 0.3) is 0 Å². The molecule has 1 fully saturated rings. The summed E-state index contributed by atoms with van der Waals surface area (Å²) in [7, 11) is 0. The van der Waals surface area contributed by atoms with E-state index in [4.69, 9.17) is 11.6 Å². The predicted molar refractivity (Wildman–Crippen MR) is 91.9 cm³/mol. The van der Waals surface area contributed by atoms with Crippen molar-refractivity contribution in [2.45, 2.75) is 52.6 Å². The second-order valence-corrected chi connectivity index (χ2v) is 7.17. The largest absolute Gasteiger partial charge is 0.315 e. The Labute approximate surface area is 134 Å². The SMILES string of the molecule is Cc1ccc(CN2CCCCC2CNCC(C)C)c(Cl)c1. The van der Waals surface area contributed by atoms with Gasteiger partial charge in [0.2, 0.25) is 0 Å². The summed E-state index contributed by atoms with van der Waals surface area (Å²) in [6, 6.07) is 7.07. The van der Waals surface area contributed by atoms with Crippen molar-refractivity contribution in [3.63, 3.8) is 0 Å². The molecule has 2 rings (SSSR count). The number of benzene rings is 1. The molecule has 1 unspecified atom stereocenters. The van der Waals surface area contributed by atoms with Gasteiger partial charge in [0, 0.05) is 24.2 Å². The van der Waals surface area contributed by atoms with Crippen molar-refractivity contribution in [1.82, 2.24) is 10.2 Å². The van der Waals surface area contributed by atoms with Gasteiger partial charge in [-0.25, -0.2) is 0 Å². The molecule has 0 spiro atoms. The molecule has 0 bridgehead atoms. The summed E-state index contributed by atoms with van der Waals surface area (Å²) in [5, 5.41) is 4.53. The van der Waals surface area contributed by atoms with Gasteiger partial charge in [0.05, 0.1) is 0 Å². The molecule has 1 aliphatic heterocycles. The highest BCUT2D eigenvalue weighted by molar-refractivity contribution is 6.31. The lowest BCUT2D eigenvalue weighted by Crippen LogP contribution is -2.45. The Balaban J connectivity index is 1.94. The fourth-order valence-electron chi connectivity index (χ4n) is 3.04. The molecule has 1 aromatic carbocycles. The Bertz CT molecular complexity index is 445. The zero-order chi connectivity index (χ0) is 15.2. The number of halogens is 1. The van der Waals surface area contributed by atoms with Crippen LogP contribution in [-0.2, 0) is 6.54 Å². The topological polar surface area (TPSA) is 15.3 Å². The van der Waals surface area contributed by atoms with Crippen LogP contribution >= 0.6 is 11.6 Å². The van der Waals surface area contributed by atoms with Crippen LogP contribution in [0.15, 0.2) is 18.2 Å². The Hall–Kier alpha value is -0.570. The quantitative estimate of drug-likeness (QED) is 0.845. The van der Waals surface area contributed by atoms with E-state index >= 15 is 0 Å². The monoisotopic (exact) mass is 308 g/mol. The zero-order valence-corrected chi connectivity index (χ0v) is 14.4. The summed E-state index contributed by atoms with van der Waals surface area (Å²) >= 11 is 6.40. The van der Waals surface area contributed by atoms with E-state index in [1.807, 2.05) is 0 Å². The maximum Gasteiger partial charge on any atom is 0.0453 e. The Morgan fingerprint density at radius 3 is 2.86 bits per heavy atom. The second kappa shape index (κ2) is 8.17. The first-order chi connectivity index (χ1) is 10.1. The molecule has 0 aliphatic carbocycles. The first-order valence-electron chi connectivity index (χ1n) is 8.26. The van der Waals surface area contributed by atoms with E-state index in [-0.39, 0.29) is 0 Å². The highest BCUT2D eigenvalue weighted by Gasteiger charge is 2.22. The van der Waals surface area contributed by atoms with Crippen LogP contribution in [0.1, 0.15) is 44.2 Å². The number of rotatable bonds is 6. The Kier molecular flexibility index (Phi) is 6.53. The molecule has 3 heteroatoms. The summed E-state index contributed by atoms with van der Waals surface area (Å²) in [6.07, 6.45) is 3.96. The highest BCUT2D eigenvalue weighted by Crippen LogP contribution is 2.24. The number of hydrogen-bond donors (Lipinski definition) is 1. The van der Waals surface area contributed by atoms with Crippen LogP contribution in [0.3, 0.4) is 0 Å². The lowest BCUT2D eigenvalue weighted by Gasteiger charge is -2.36. The van der Waals surface area contributed by atoms with Crippen LogP contribution in [0.5, 0.6) is 0 Å². The first kappa shape index (κ1) is 16.8. The van der Waals surface area contributed by atoms with Crippen LogP contribution in [0.25, 0.3) is 0 Å². The van der Waals surface area contributed by atoms with Crippen molar-refractivity contribution >= 4 is 11.6 Å². The van der Waals surface area contributed by atoms with E-state index in [1.54, 1.807) is 0 Å². The van der Waals surface area contributed by atoms with Crippen molar-refractivity contribution in [3.8, 4) is 0 Å². The number of nitrogens with one attached hydrogen (secondary N) is 1. The summed E-state index contributed by atoms with van der Waals surface area (Å²) in [5.41, 5.74) is 2.50. The van der Waals surface area contributed by atoms with Crippen molar-refractivity contribution in [1.29, 1.82) is 0 Å². The van der Waals surface area contributed by atoms with Crippen LogP contribution in [0.2, 0.25) is 5.02 Å². The average Bonchev–Trinajstić information content (AvgIpc) is 2.43. The molecule has 1 N–H and O–H groups in total. The van der Waals surface area contributed by atoms with Crippen LogP contribution in [-0.4, -0.2) is 30.6 Å². The normalized spacial score (nSPS) is 20.1. The molecule has 2 nitrogen and oxygen atoms in total. The van der Waals surface area contributed by atoms with Gasteiger partial charge < -0.3 is 5.32 Å². The van der Waals surface area contributed by atoms with Crippen LogP contribution in [0, 0.1) is 12.8 Å². The van der Waals surface area contributed by atoms with Gasteiger partial charge in [-0.3, -0.25) is 4.90 Å². The molecule has 0 radical (unpaired) electrons. The molecule has 118 valence electrons. The Morgan fingerprint density at radius 1 is 1.33 bits per heavy atom. The molecule has 0 saturated carbocycles. The molecular formula is C18H29ClN2. The number of aryl methyl sites for hydroxylation is 1. The molecule has 21 heavy (non-hydrogen) atoms. The van der Waals surface area contributed by atoms with Crippen molar-refractivity contribution in [2.24, 2.45) is 5.92 Å². The van der Waals surface area contributed by atoms with E-state index in [9.17, 15) is 0 Å². The number of piperidine rings is 1. The van der Waals surface area contributed by atoms with E-state index in [1.165, 1.54) is 36.9 Å². The molecule has 1 atom stereocenters. The summed E-state index contributed by atoms with van der Waals surface area (Å²) < 4.78 is 0. The van der Waals surface area contributed by atoms with Gasteiger partial charge in [0.1, 0.15) is 0 Å². The third-order valence-electron chi connectivity index (χ3n) is 4.26. The van der Waals surface area contributed by atoms with E-state index in [2.05, 4.69) is 49.2 Å². The van der Waals surface area contributed by atoms with Crippen molar-refractivity contribution in [2.75, 3.05) is 19.6 Å². The van der Waals surface area contributed by atoms with Gasteiger partial charge in [0.15, 0.2) is 0 Å². The molecule has 0 amide bonds. The minimum Gasteiger partial charge on any atom is -0.315 e. The van der Waals surface area contributed by atoms with Gasteiger partial charge in [-0.05, 0) is 56.0 Å². The van der Waals surface area contributed by atoms with E-state index in [0.717, 1.165) is 24.7 Å². The Morgan fingerprint density at radius 2 is 2.14 bits per heavy atom. The molecule has 1 aromatic rings. The first-order valence-corrected chi connectivity index (χ1v) is 8.64. The van der Waals surface area contributed by atoms with Gasteiger partial charge in [-0.1, -0.05) is 44.0 Å². The zero-order valence-electron chi connectivity index (χ0n) is 13.7. The lowest BCUT2D eigenvalue weighted by atomic mass is 10.0. The van der Waals surface area contributed by atoms with Crippen LogP contribution in [0.4, 0.5) is 0 Å². The smallest absolute Gasteiger partial charge is 0.0453 e. The fraction of sp³-hybridized carbons (Fsp3) is 0.667. The lowest BCUT2D eigenvalue weighted by molar-refractivity contribution is 0.137. The molecule has 1 saturated heterocycles. The van der Waals surface area contributed by atoms with Crippen molar-refractivity contribution < 1.29 is 0 Å². The third kappa shape index (κ3) is 5.28. The van der Waals surface area contributed by atoms with Crippen molar-refractivity contribution in [3.05, 3.63) is 34.3 Å². The molecule has 1 heterocycles. The maximum atomic E-state index is 6.40. The summed E-state index contributed by atoms with van der Waals surface area (Å²) in [6.45, 7) is 11.0. The number of hydrogen-bond acceptors (Lipinski definition) is 2. The van der Waals surface area contributed by atoms with Gasteiger partial charge >= 0.3 is 0 Å².